The van der Waals surface area contributed by atoms with Gasteiger partial charge in [-0.25, -0.2) is 0 Å². The number of hydrogen-bond acceptors (Lipinski definition) is 7. The second-order valence-electron chi connectivity index (χ2n) is 14.4. The maximum Gasteiger partial charge on any atom is 0.157 e. The molecule has 48 heavy (non-hydrogen) atoms. The van der Waals surface area contributed by atoms with Crippen LogP contribution in [0.1, 0.15) is 183 Å². The van der Waals surface area contributed by atoms with E-state index in [1.807, 2.05) is 0 Å². The fraction of sp³-hybridized carbons (Fsp3) is 1.00. The largest absolute Gasteiger partial charge is 0.396 e. The quantitative estimate of drug-likeness (QED) is 0.0492. The van der Waals surface area contributed by atoms with Crippen molar-refractivity contribution in [3.05, 3.63) is 0 Å². The van der Waals surface area contributed by atoms with Gasteiger partial charge in [0.15, 0.2) is 12.6 Å². The summed E-state index contributed by atoms with van der Waals surface area (Å²) >= 11 is 0. The molecule has 0 rings (SSSR count). The molecule has 0 aromatic rings. The molecule has 0 heterocycles. The van der Waals surface area contributed by atoms with Crippen LogP contribution in [0.4, 0.5) is 0 Å². The molecule has 0 aromatic carbocycles. The van der Waals surface area contributed by atoms with E-state index in [1.54, 1.807) is 0 Å². The van der Waals surface area contributed by atoms with E-state index in [9.17, 15) is 10.2 Å². The predicted octanol–water partition coefficient (Wildman–Crippen LogP) is 10.3. The summed E-state index contributed by atoms with van der Waals surface area (Å²) in [4.78, 5) is 2.44. The number of unbranched alkanes of at least 4 members (excludes halogenated alkanes) is 6. The van der Waals surface area contributed by atoms with Crippen molar-refractivity contribution in [2.75, 3.05) is 52.7 Å². The van der Waals surface area contributed by atoms with Crippen LogP contribution in [0.15, 0.2) is 0 Å². The molecule has 1 unspecified atom stereocenters. The standard InChI is InChI=1S/C41H85NO6/c1-7-13-32-45-40(46-33-14-8-2)28-18-20-30-42(29-19-15-21-31-43)34-39(44)26-16-17-27-41(47-35-37(22-9-3)23-10-4)48-36-38(24-11-5)25-12-6/h37-41,43-44H,7-36H2,1-6H3. The normalized spacial score (nSPS) is 12.9. The van der Waals surface area contributed by atoms with Gasteiger partial charge in [0.1, 0.15) is 0 Å². The first kappa shape index (κ1) is 47.7. The van der Waals surface area contributed by atoms with Crippen LogP contribution in [-0.4, -0.2) is 86.5 Å². The summed E-state index contributed by atoms with van der Waals surface area (Å²) in [7, 11) is 0. The summed E-state index contributed by atoms with van der Waals surface area (Å²) in [5.74, 6) is 1.23. The molecule has 1 atom stereocenters. The van der Waals surface area contributed by atoms with E-state index in [0.29, 0.717) is 18.4 Å². The van der Waals surface area contributed by atoms with Crippen molar-refractivity contribution < 1.29 is 29.2 Å². The van der Waals surface area contributed by atoms with Crippen LogP contribution in [0.25, 0.3) is 0 Å². The van der Waals surface area contributed by atoms with Gasteiger partial charge in [0.2, 0.25) is 0 Å². The van der Waals surface area contributed by atoms with Gasteiger partial charge in [0.25, 0.3) is 0 Å². The topological polar surface area (TPSA) is 80.6 Å². The zero-order chi connectivity index (χ0) is 35.5. The highest BCUT2D eigenvalue weighted by atomic mass is 16.7. The monoisotopic (exact) mass is 688 g/mol. The molecule has 0 saturated carbocycles. The molecule has 7 nitrogen and oxygen atoms in total. The van der Waals surface area contributed by atoms with Crippen molar-refractivity contribution in [2.24, 2.45) is 11.8 Å². The molecule has 0 fully saturated rings. The molecule has 7 heteroatoms. The van der Waals surface area contributed by atoms with E-state index >= 15 is 0 Å². The number of rotatable bonds is 39. The minimum atomic E-state index is -0.331. The summed E-state index contributed by atoms with van der Waals surface area (Å²) in [5, 5.41) is 20.3. The van der Waals surface area contributed by atoms with Crippen molar-refractivity contribution in [3.63, 3.8) is 0 Å². The fourth-order valence-electron chi connectivity index (χ4n) is 6.53. The van der Waals surface area contributed by atoms with Crippen LogP contribution >= 0.6 is 0 Å². The third kappa shape index (κ3) is 29.5. The molecule has 0 saturated heterocycles. The predicted molar refractivity (Wildman–Crippen MR) is 204 cm³/mol. The Hall–Kier alpha value is -0.280. The van der Waals surface area contributed by atoms with Crippen molar-refractivity contribution in [1.82, 2.24) is 4.90 Å². The summed E-state index contributed by atoms with van der Waals surface area (Å²) in [6.07, 6.45) is 23.2. The Morgan fingerprint density at radius 2 is 0.896 bits per heavy atom. The maximum atomic E-state index is 11.1. The third-order valence-electron chi connectivity index (χ3n) is 9.42. The summed E-state index contributed by atoms with van der Waals surface area (Å²) < 4.78 is 25.0. The molecule has 0 aliphatic rings. The molecular weight excluding hydrogens is 602 g/mol. The highest BCUT2D eigenvalue weighted by Gasteiger charge is 2.18. The van der Waals surface area contributed by atoms with Crippen molar-refractivity contribution in [2.45, 2.75) is 201 Å². The maximum absolute atomic E-state index is 11.1. The summed E-state index contributed by atoms with van der Waals surface area (Å²) in [6, 6.07) is 0. The van der Waals surface area contributed by atoms with Crippen LogP contribution in [0, 0.1) is 11.8 Å². The van der Waals surface area contributed by atoms with Crippen LogP contribution in [0.2, 0.25) is 0 Å². The van der Waals surface area contributed by atoms with Gasteiger partial charge in [0.05, 0.1) is 19.3 Å². The van der Waals surface area contributed by atoms with Crippen molar-refractivity contribution in [3.8, 4) is 0 Å². The van der Waals surface area contributed by atoms with Gasteiger partial charge in [-0.3, -0.25) is 0 Å². The van der Waals surface area contributed by atoms with E-state index in [0.717, 1.165) is 129 Å². The molecule has 290 valence electrons. The van der Waals surface area contributed by atoms with Gasteiger partial charge in [-0.15, -0.1) is 0 Å². The molecule has 0 radical (unpaired) electrons. The smallest absolute Gasteiger partial charge is 0.157 e. The van der Waals surface area contributed by atoms with E-state index in [2.05, 4.69) is 46.4 Å². The first-order chi connectivity index (χ1) is 23.5. The Morgan fingerprint density at radius 3 is 1.35 bits per heavy atom. The van der Waals surface area contributed by atoms with Gasteiger partial charge in [-0.05, 0) is 121 Å². The lowest BCUT2D eigenvalue weighted by Crippen LogP contribution is -2.34. The third-order valence-corrected chi connectivity index (χ3v) is 9.42. The number of hydrogen-bond donors (Lipinski definition) is 2. The minimum Gasteiger partial charge on any atom is -0.396 e. The van der Waals surface area contributed by atoms with Crippen molar-refractivity contribution in [1.29, 1.82) is 0 Å². The zero-order valence-electron chi connectivity index (χ0n) is 33.1. The molecule has 0 aromatic heterocycles. The lowest BCUT2D eigenvalue weighted by atomic mass is 9.99. The van der Waals surface area contributed by atoms with Gasteiger partial charge in [-0.1, -0.05) is 86.5 Å². The zero-order valence-corrected chi connectivity index (χ0v) is 33.1. The lowest BCUT2D eigenvalue weighted by Gasteiger charge is -2.26. The summed E-state index contributed by atoms with van der Waals surface area (Å²) in [5.41, 5.74) is 0. The molecule has 0 aliphatic heterocycles. The van der Waals surface area contributed by atoms with Gasteiger partial charge < -0.3 is 34.1 Å². The van der Waals surface area contributed by atoms with E-state index in [4.69, 9.17) is 18.9 Å². The molecule has 0 bridgehead atoms. The van der Waals surface area contributed by atoms with Crippen LogP contribution < -0.4 is 0 Å². The molecule has 0 aliphatic carbocycles. The first-order valence-electron chi connectivity index (χ1n) is 20.9. The number of ether oxygens (including phenoxy) is 4. The van der Waals surface area contributed by atoms with E-state index in [1.165, 1.54) is 51.4 Å². The lowest BCUT2D eigenvalue weighted by molar-refractivity contribution is -0.162. The van der Waals surface area contributed by atoms with E-state index < -0.39 is 0 Å². The highest BCUT2D eigenvalue weighted by molar-refractivity contribution is 4.67. The number of nitrogens with zero attached hydrogens (tertiary/aromatic N) is 1. The van der Waals surface area contributed by atoms with Gasteiger partial charge >= 0.3 is 0 Å². The highest BCUT2D eigenvalue weighted by Crippen LogP contribution is 2.20. The summed E-state index contributed by atoms with van der Waals surface area (Å²) in [6.45, 7) is 19.5. The Morgan fingerprint density at radius 1 is 0.458 bits per heavy atom. The molecular formula is C41H85NO6. The Labute approximate surface area is 299 Å². The molecule has 2 N–H and O–H groups in total. The SMILES string of the molecule is CCCCOC(CCCCN(CCCCCO)CC(O)CCCCC(OCC(CCC)CCC)OCC(CCC)CCC)OCCCC. The van der Waals surface area contributed by atoms with Gasteiger partial charge in [0, 0.05) is 26.4 Å². The number of aliphatic hydroxyl groups excluding tert-OH is 2. The molecule has 0 amide bonds. The van der Waals surface area contributed by atoms with E-state index in [-0.39, 0.29) is 25.3 Å². The van der Waals surface area contributed by atoms with Gasteiger partial charge in [-0.2, -0.15) is 0 Å². The van der Waals surface area contributed by atoms with Crippen LogP contribution in [0.5, 0.6) is 0 Å². The second kappa shape index (κ2) is 36.5. The second-order valence-corrected chi connectivity index (χ2v) is 14.4. The van der Waals surface area contributed by atoms with Crippen LogP contribution in [-0.2, 0) is 18.9 Å². The Bertz CT molecular complexity index is 584. The number of aliphatic hydroxyl groups is 2. The average Bonchev–Trinajstić information content (AvgIpc) is 3.07. The molecule has 0 spiro atoms. The van der Waals surface area contributed by atoms with Crippen molar-refractivity contribution >= 4 is 0 Å². The minimum absolute atomic E-state index is 0.100. The Balaban J connectivity index is 4.91. The first-order valence-corrected chi connectivity index (χ1v) is 20.9. The average molecular weight is 688 g/mol. The Kier molecular flexibility index (Phi) is 36.3. The fourth-order valence-corrected chi connectivity index (χ4v) is 6.53. The van der Waals surface area contributed by atoms with Crippen LogP contribution in [0.3, 0.4) is 0 Å².